The van der Waals surface area contributed by atoms with Crippen LogP contribution in [0, 0.1) is 0 Å². The maximum atomic E-state index is 11.5. The molecule has 0 unspecified atom stereocenters. The number of fused-ring (bicyclic) bond motifs is 2. The lowest BCUT2D eigenvalue weighted by Crippen LogP contribution is -2.08. The van der Waals surface area contributed by atoms with Crippen LogP contribution >= 0.6 is 11.3 Å². The second-order valence-corrected chi connectivity index (χ2v) is 7.91. The van der Waals surface area contributed by atoms with Gasteiger partial charge >= 0.3 is 0 Å². The van der Waals surface area contributed by atoms with Crippen LogP contribution in [-0.2, 0) is 12.8 Å². The first-order chi connectivity index (χ1) is 12.2. The monoisotopic (exact) mass is 350 g/mol. The van der Waals surface area contributed by atoms with E-state index in [1.54, 1.807) is 0 Å². The first kappa shape index (κ1) is 16.3. The van der Waals surface area contributed by atoms with Crippen molar-refractivity contribution in [1.82, 2.24) is 4.98 Å². The Bertz CT molecular complexity index is 929. The number of thiophene rings is 1. The minimum atomic E-state index is -0.374. The van der Waals surface area contributed by atoms with Gasteiger partial charge in [0, 0.05) is 23.3 Å². The summed E-state index contributed by atoms with van der Waals surface area (Å²) < 4.78 is 1.01. The lowest BCUT2D eigenvalue weighted by atomic mass is 9.94. The highest BCUT2D eigenvalue weighted by atomic mass is 32.1. The van der Waals surface area contributed by atoms with Gasteiger partial charge in [0.15, 0.2) is 0 Å². The normalized spacial score (nSPS) is 15.2. The Kier molecular flexibility index (Phi) is 4.53. The van der Waals surface area contributed by atoms with Gasteiger partial charge in [-0.15, -0.1) is 11.3 Å². The number of primary amides is 1. The third kappa shape index (κ3) is 3.31. The lowest BCUT2D eigenvalue weighted by molar-refractivity contribution is 0.100. The zero-order valence-electron chi connectivity index (χ0n) is 14.3. The lowest BCUT2D eigenvalue weighted by Gasteiger charge is -2.11. The molecule has 1 amide bonds. The van der Waals surface area contributed by atoms with Crippen LogP contribution in [0.5, 0.6) is 0 Å². The van der Waals surface area contributed by atoms with E-state index in [9.17, 15) is 4.79 Å². The molecular weight excluding hydrogens is 328 g/mol. The van der Waals surface area contributed by atoms with Crippen molar-refractivity contribution in [2.75, 3.05) is 0 Å². The number of rotatable bonds is 2. The van der Waals surface area contributed by atoms with Crippen molar-refractivity contribution in [2.24, 2.45) is 5.73 Å². The van der Waals surface area contributed by atoms with Crippen LogP contribution in [0.2, 0.25) is 0 Å². The average molecular weight is 350 g/mol. The summed E-state index contributed by atoms with van der Waals surface area (Å²) in [7, 11) is 0. The molecule has 2 aromatic heterocycles. The van der Waals surface area contributed by atoms with Crippen molar-refractivity contribution in [3.8, 4) is 11.1 Å². The van der Waals surface area contributed by atoms with Gasteiger partial charge < -0.3 is 5.73 Å². The molecule has 1 aliphatic rings. The summed E-state index contributed by atoms with van der Waals surface area (Å²) in [6.45, 7) is 0. The van der Waals surface area contributed by atoms with Crippen molar-refractivity contribution in [2.45, 2.75) is 44.9 Å². The molecule has 4 heteroatoms. The van der Waals surface area contributed by atoms with Gasteiger partial charge in [0.05, 0.1) is 9.58 Å². The van der Waals surface area contributed by atoms with Crippen molar-refractivity contribution >= 4 is 27.3 Å². The Morgan fingerprint density at radius 1 is 0.960 bits per heavy atom. The van der Waals surface area contributed by atoms with Gasteiger partial charge in [-0.3, -0.25) is 9.78 Å². The van der Waals surface area contributed by atoms with E-state index in [0.717, 1.165) is 22.1 Å². The first-order valence-corrected chi connectivity index (χ1v) is 9.83. The van der Waals surface area contributed by atoms with E-state index < -0.39 is 0 Å². The van der Waals surface area contributed by atoms with Crippen LogP contribution in [0.1, 0.15) is 52.9 Å². The van der Waals surface area contributed by atoms with Crippen LogP contribution < -0.4 is 5.73 Å². The van der Waals surface area contributed by atoms with Crippen LogP contribution in [0.3, 0.4) is 0 Å². The zero-order valence-corrected chi connectivity index (χ0v) is 15.1. The molecule has 0 atom stereocenters. The molecule has 0 saturated carbocycles. The van der Waals surface area contributed by atoms with E-state index in [-0.39, 0.29) is 5.91 Å². The van der Waals surface area contributed by atoms with Crippen LogP contribution in [0.4, 0.5) is 0 Å². The maximum Gasteiger partial charge on any atom is 0.258 e. The molecule has 3 aromatic rings. The smallest absolute Gasteiger partial charge is 0.258 e. The molecule has 25 heavy (non-hydrogen) atoms. The fourth-order valence-corrected chi connectivity index (χ4v) is 4.65. The van der Waals surface area contributed by atoms with Crippen molar-refractivity contribution < 1.29 is 4.79 Å². The SMILES string of the molecule is NC(=O)c1cc2c(-c3ccc4c(c3)CCCCCCC4)cncc2s1. The highest BCUT2D eigenvalue weighted by Gasteiger charge is 2.13. The minimum Gasteiger partial charge on any atom is -0.365 e. The van der Waals surface area contributed by atoms with E-state index >= 15 is 0 Å². The third-order valence-electron chi connectivity index (χ3n) is 5.10. The topological polar surface area (TPSA) is 56.0 Å². The van der Waals surface area contributed by atoms with Crippen molar-refractivity contribution in [1.29, 1.82) is 0 Å². The number of hydrogen-bond acceptors (Lipinski definition) is 3. The van der Waals surface area contributed by atoms with Gasteiger partial charge in [-0.25, -0.2) is 0 Å². The van der Waals surface area contributed by atoms with Crippen LogP contribution in [-0.4, -0.2) is 10.9 Å². The number of hydrogen-bond donors (Lipinski definition) is 1. The van der Waals surface area contributed by atoms with Gasteiger partial charge in [0.2, 0.25) is 0 Å². The largest absolute Gasteiger partial charge is 0.365 e. The quantitative estimate of drug-likeness (QED) is 0.698. The molecule has 0 radical (unpaired) electrons. The summed E-state index contributed by atoms with van der Waals surface area (Å²) in [6, 6.07) is 8.73. The maximum absolute atomic E-state index is 11.5. The van der Waals surface area contributed by atoms with Gasteiger partial charge in [-0.05, 0) is 48.4 Å². The average Bonchev–Trinajstić information content (AvgIpc) is 3.09. The van der Waals surface area contributed by atoms with E-state index in [1.165, 1.54) is 66.6 Å². The molecule has 3 nitrogen and oxygen atoms in total. The van der Waals surface area contributed by atoms with Crippen LogP contribution in [0.25, 0.3) is 21.2 Å². The predicted octanol–water partition coefficient (Wildman–Crippen LogP) is 5.11. The molecule has 0 aliphatic heterocycles. The van der Waals surface area contributed by atoms with Crippen LogP contribution in [0.15, 0.2) is 36.7 Å². The van der Waals surface area contributed by atoms with Gasteiger partial charge in [0.25, 0.3) is 5.91 Å². The Morgan fingerprint density at radius 2 is 1.72 bits per heavy atom. The minimum absolute atomic E-state index is 0.374. The van der Waals surface area contributed by atoms with Crippen molar-refractivity contribution in [3.05, 3.63) is 52.7 Å². The molecule has 1 aliphatic carbocycles. The number of carbonyl (C=O) groups is 1. The molecule has 0 saturated heterocycles. The van der Waals surface area contributed by atoms with Gasteiger partial charge in [0.1, 0.15) is 0 Å². The Hall–Kier alpha value is -2.20. The Balaban J connectivity index is 1.79. The van der Waals surface area contributed by atoms with Crippen molar-refractivity contribution in [3.63, 3.8) is 0 Å². The predicted molar refractivity (Wildman–Crippen MR) is 104 cm³/mol. The number of benzene rings is 1. The van der Waals surface area contributed by atoms with Gasteiger partial charge in [-0.2, -0.15) is 0 Å². The molecule has 4 rings (SSSR count). The van der Waals surface area contributed by atoms with E-state index in [1.807, 2.05) is 18.5 Å². The summed E-state index contributed by atoms with van der Waals surface area (Å²) >= 11 is 1.41. The highest BCUT2D eigenvalue weighted by Crippen LogP contribution is 2.34. The summed E-state index contributed by atoms with van der Waals surface area (Å²) in [5.74, 6) is -0.374. The molecular formula is C21H22N2OS. The summed E-state index contributed by atoms with van der Waals surface area (Å²) in [6.07, 6.45) is 12.6. The van der Waals surface area contributed by atoms with E-state index in [2.05, 4.69) is 23.2 Å². The molecule has 1 aromatic carbocycles. The second kappa shape index (κ2) is 6.96. The second-order valence-electron chi connectivity index (χ2n) is 6.83. The Morgan fingerprint density at radius 3 is 2.52 bits per heavy atom. The fraction of sp³-hybridized carbons (Fsp3) is 0.333. The molecule has 128 valence electrons. The molecule has 0 fully saturated rings. The molecule has 2 heterocycles. The zero-order chi connectivity index (χ0) is 17.2. The fourth-order valence-electron chi connectivity index (χ4n) is 3.74. The number of amides is 1. The third-order valence-corrected chi connectivity index (χ3v) is 6.18. The number of carbonyl (C=O) groups excluding carboxylic acids is 1. The number of aromatic nitrogens is 1. The number of nitrogens with two attached hydrogens (primary N) is 1. The molecule has 2 N–H and O–H groups in total. The van der Waals surface area contributed by atoms with E-state index in [0.29, 0.717) is 4.88 Å². The number of aryl methyl sites for hydroxylation is 2. The Labute approximate surface area is 151 Å². The first-order valence-electron chi connectivity index (χ1n) is 9.02. The van der Waals surface area contributed by atoms with E-state index in [4.69, 9.17) is 5.73 Å². The summed E-state index contributed by atoms with van der Waals surface area (Å²) in [5.41, 5.74) is 10.7. The number of nitrogens with zero attached hydrogens (tertiary/aromatic N) is 1. The summed E-state index contributed by atoms with van der Waals surface area (Å²) in [4.78, 5) is 16.5. The number of pyridine rings is 1. The molecule has 0 spiro atoms. The summed E-state index contributed by atoms with van der Waals surface area (Å²) in [5, 5.41) is 1.07. The highest BCUT2D eigenvalue weighted by molar-refractivity contribution is 7.20. The standard InChI is InChI=1S/C21H22N2OS/c22-21(24)19-11-17-18(12-23-13-20(17)25-19)16-9-8-14-6-4-2-1-3-5-7-15(14)10-16/h8-13H,1-7H2,(H2,22,24). The molecule has 0 bridgehead atoms. The van der Waals surface area contributed by atoms with Gasteiger partial charge in [-0.1, -0.05) is 37.5 Å².